The maximum absolute atomic E-state index is 13.2. The highest BCUT2D eigenvalue weighted by molar-refractivity contribution is 7.93. The summed E-state index contributed by atoms with van der Waals surface area (Å²) < 4.78 is 70.3. The molecule has 1 N–H and O–H groups in total. The molecule has 202 valence electrons. The minimum Gasteiger partial charge on any atom is -0.457 e. The topological polar surface area (TPSA) is 126 Å². The normalized spacial score (nSPS) is 18.3. The molecular formula is C22H27F3N6O4S2. The summed E-state index contributed by atoms with van der Waals surface area (Å²) in [5.74, 6) is -0.625. The van der Waals surface area contributed by atoms with Crippen LogP contribution in [0.4, 0.5) is 35.4 Å². The molecule has 2 aromatic rings. The number of esters is 1. The smallest absolute Gasteiger partial charge is 0.457 e. The molecule has 15 heteroatoms. The van der Waals surface area contributed by atoms with E-state index >= 15 is 0 Å². The Hall–Kier alpha value is -2.81. The van der Waals surface area contributed by atoms with Gasteiger partial charge in [-0.2, -0.15) is 21.6 Å². The van der Waals surface area contributed by atoms with Gasteiger partial charge in [0.1, 0.15) is 11.8 Å². The van der Waals surface area contributed by atoms with Gasteiger partial charge in [-0.1, -0.05) is 25.2 Å². The van der Waals surface area contributed by atoms with Crippen molar-refractivity contribution in [3.63, 3.8) is 0 Å². The Morgan fingerprint density at radius 2 is 1.95 bits per heavy atom. The highest BCUT2D eigenvalue weighted by Crippen LogP contribution is 2.45. The van der Waals surface area contributed by atoms with Crippen LogP contribution in [0.1, 0.15) is 68.2 Å². The van der Waals surface area contributed by atoms with Gasteiger partial charge >= 0.3 is 21.5 Å². The van der Waals surface area contributed by atoms with Gasteiger partial charge < -0.3 is 9.64 Å². The number of benzene rings is 1. The fourth-order valence-corrected chi connectivity index (χ4v) is 5.51. The predicted octanol–water partition coefficient (Wildman–Crippen LogP) is 5.82. The van der Waals surface area contributed by atoms with Crippen LogP contribution in [0.25, 0.3) is 0 Å². The van der Waals surface area contributed by atoms with Crippen LogP contribution in [-0.2, 0) is 20.2 Å². The number of halogens is 3. The summed E-state index contributed by atoms with van der Waals surface area (Å²) in [5.41, 5.74) is -4.95. The van der Waals surface area contributed by atoms with Gasteiger partial charge in [0.15, 0.2) is 0 Å². The third-order valence-electron chi connectivity index (χ3n) is 6.53. The average Bonchev–Trinajstić information content (AvgIpc) is 3.49. The van der Waals surface area contributed by atoms with E-state index in [1.54, 1.807) is 4.72 Å². The molecule has 0 saturated heterocycles. The standard InChI is InChI=1S/C22H27F3N6O4S2/c1-4-31-10-9-21(2,3)14-11-15(16(12-17(14)31)30-37(33,34)22(23,24)25)26-28-20-29-27-18(36-20)19(32)35-13-7-5-6-8-13/h11-13,30H,4-10H2,1-3H3. The number of carbonyl (C=O) groups is 1. The quantitative estimate of drug-likeness (QED) is 0.334. The molecule has 37 heavy (non-hydrogen) atoms. The predicted molar refractivity (Wildman–Crippen MR) is 132 cm³/mol. The maximum atomic E-state index is 13.2. The van der Waals surface area contributed by atoms with Gasteiger partial charge in [0, 0.05) is 18.8 Å². The Kier molecular flexibility index (Phi) is 7.48. The van der Waals surface area contributed by atoms with E-state index in [9.17, 15) is 26.4 Å². The molecule has 10 nitrogen and oxygen atoms in total. The Morgan fingerprint density at radius 1 is 1.24 bits per heavy atom. The van der Waals surface area contributed by atoms with Crippen LogP contribution in [0.15, 0.2) is 22.4 Å². The zero-order chi connectivity index (χ0) is 27.0. The molecule has 1 aromatic heterocycles. The first-order valence-electron chi connectivity index (χ1n) is 11.8. The van der Waals surface area contributed by atoms with Crippen molar-refractivity contribution in [2.45, 2.75) is 69.9 Å². The number of fused-ring (bicyclic) bond motifs is 1. The minimum atomic E-state index is -5.71. The molecule has 0 spiro atoms. The van der Waals surface area contributed by atoms with Crippen molar-refractivity contribution in [1.29, 1.82) is 0 Å². The molecule has 0 bridgehead atoms. The van der Waals surface area contributed by atoms with Gasteiger partial charge in [-0.15, -0.1) is 20.4 Å². The van der Waals surface area contributed by atoms with Crippen molar-refractivity contribution in [3.05, 3.63) is 22.7 Å². The van der Waals surface area contributed by atoms with Crippen LogP contribution in [-0.4, -0.2) is 49.3 Å². The third kappa shape index (κ3) is 5.87. The number of nitrogens with one attached hydrogen (secondary N) is 1. The minimum absolute atomic E-state index is 0.0241. The molecule has 1 aliphatic heterocycles. The van der Waals surface area contributed by atoms with Gasteiger partial charge in [0.25, 0.3) is 5.13 Å². The van der Waals surface area contributed by atoms with Crippen LogP contribution in [0.3, 0.4) is 0 Å². The van der Waals surface area contributed by atoms with E-state index in [1.165, 1.54) is 12.1 Å². The molecule has 4 rings (SSSR count). The van der Waals surface area contributed by atoms with Gasteiger partial charge in [-0.05, 0) is 62.1 Å². The Bertz CT molecular complexity index is 1300. The van der Waals surface area contributed by atoms with Crippen molar-refractivity contribution in [2.75, 3.05) is 22.7 Å². The Balaban J connectivity index is 1.68. The molecule has 2 aliphatic rings. The molecular weight excluding hydrogens is 533 g/mol. The van der Waals surface area contributed by atoms with Crippen molar-refractivity contribution in [3.8, 4) is 0 Å². The number of anilines is 2. The lowest BCUT2D eigenvalue weighted by Crippen LogP contribution is -2.37. The molecule has 1 aliphatic carbocycles. The number of hydrogen-bond acceptors (Lipinski definition) is 10. The summed E-state index contributed by atoms with van der Waals surface area (Å²) in [6.45, 7) is 7.13. The van der Waals surface area contributed by atoms with E-state index in [0.29, 0.717) is 18.8 Å². The SMILES string of the molecule is CCN1CCC(C)(C)c2cc(N=Nc3nnc(C(=O)OC4CCCC4)s3)c(NS(=O)(=O)C(F)(F)F)cc21. The zero-order valence-corrected chi connectivity index (χ0v) is 22.1. The number of sulfonamides is 1. The molecule has 1 saturated carbocycles. The van der Waals surface area contributed by atoms with E-state index < -0.39 is 21.5 Å². The molecule has 0 unspecified atom stereocenters. The second kappa shape index (κ2) is 10.2. The Morgan fingerprint density at radius 3 is 2.59 bits per heavy atom. The van der Waals surface area contributed by atoms with E-state index in [2.05, 4.69) is 20.4 Å². The first-order valence-corrected chi connectivity index (χ1v) is 14.1. The zero-order valence-electron chi connectivity index (χ0n) is 20.5. The van der Waals surface area contributed by atoms with Crippen LogP contribution in [0.5, 0.6) is 0 Å². The molecule has 1 aromatic carbocycles. The molecule has 1 fully saturated rings. The summed E-state index contributed by atoms with van der Waals surface area (Å²) in [6, 6.07) is 2.88. The monoisotopic (exact) mass is 560 g/mol. The first kappa shape index (κ1) is 27.2. The van der Waals surface area contributed by atoms with Crippen LogP contribution >= 0.6 is 11.3 Å². The van der Waals surface area contributed by atoms with Crippen molar-refractivity contribution in [2.24, 2.45) is 10.2 Å². The molecule has 0 radical (unpaired) electrons. The number of aromatic nitrogens is 2. The number of nitrogens with zero attached hydrogens (tertiary/aromatic N) is 5. The van der Waals surface area contributed by atoms with Gasteiger partial charge in [0.05, 0.1) is 5.69 Å². The maximum Gasteiger partial charge on any atom is 0.516 e. The second-order valence-electron chi connectivity index (χ2n) is 9.55. The number of rotatable bonds is 7. The fourth-order valence-electron chi connectivity index (χ4n) is 4.39. The third-order valence-corrected chi connectivity index (χ3v) is 8.42. The summed E-state index contributed by atoms with van der Waals surface area (Å²) >= 11 is 0.815. The van der Waals surface area contributed by atoms with E-state index in [1.807, 2.05) is 25.7 Å². The van der Waals surface area contributed by atoms with Gasteiger partial charge in [-0.25, -0.2) is 4.79 Å². The number of azo groups is 1. The lowest BCUT2D eigenvalue weighted by Gasteiger charge is -2.40. The summed E-state index contributed by atoms with van der Waals surface area (Å²) in [7, 11) is -5.71. The lowest BCUT2D eigenvalue weighted by molar-refractivity contribution is -0.0429. The second-order valence-corrected chi connectivity index (χ2v) is 12.2. The van der Waals surface area contributed by atoms with Crippen molar-refractivity contribution >= 4 is 49.5 Å². The average molecular weight is 561 g/mol. The summed E-state index contributed by atoms with van der Waals surface area (Å²) in [4.78, 5) is 14.3. The Labute approximate surface area is 216 Å². The van der Waals surface area contributed by atoms with E-state index in [0.717, 1.165) is 49.0 Å². The van der Waals surface area contributed by atoms with Crippen LogP contribution in [0, 0.1) is 0 Å². The number of ether oxygens (including phenoxy) is 1. The van der Waals surface area contributed by atoms with Crippen LogP contribution < -0.4 is 9.62 Å². The van der Waals surface area contributed by atoms with Crippen molar-refractivity contribution in [1.82, 2.24) is 10.2 Å². The van der Waals surface area contributed by atoms with E-state index in [-0.39, 0.29) is 33.0 Å². The van der Waals surface area contributed by atoms with E-state index in [4.69, 9.17) is 4.74 Å². The first-order chi connectivity index (χ1) is 17.3. The number of alkyl halides is 3. The fraction of sp³-hybridized carbons (Fsp3) is 0.591. The highest BCUT2D eigenvalue weighted by atomic mass is 32.2. The number of carbonyl (C=O) groups excluding carboxylic acids is 1. The molecule has 0 amide bonds. The molecule has 0 atom stereocenters. The summed E-state index contributed by atoms with van der Waals surface area (Å²) in [5, 5.41) is 15.5. The van der Waals surface area contributed by atoms with Gasteiger partial charge in [0.2, 0.25) is 5.01 Å². The highest BCUT2D eigenvalue weighted by Gasteiger charge is 2.46. The van der Waals surface area contributed by atoms with Gasteiger partial charge in [-0.3, -0.25) is 4.72 Å². The number of hydrogen-bond donors (Lipinski definition) is 1. The lowest BCUT2D eigenvalue weighted by atomic mass is 9.77. The molecule has 2 heterocycles. The largest absolute Gasteiger partial charge is 0.516 e. The van der Waals surface area contributed by atoms with Crippen LogP contribution in [0.2, 0.25) is 0 Å². The summed E-state index contributed by atoms with van der Waals surface area (Å²) in [6.07, 6.45) is 4.17. The van der Waals surface area contributed by atoms with Crippen molar-refractivity contribution < 1.29 is 31.1 Å².